The summed E-state index contributed by atoms with van der Waals surface area (Å²) in [6, 6.07) is 25.9. The zero-order valence-electron chi connectivity index (χ0n) is 20.1. The molecule has 1 amide bonds. The summed E-state index contributed by atoms with van der Waals surface area (Å²) in [7, 11) is 1.49. The Kier molecular flexibility index (Phi) is 6.79. The van der Waals surface area contributed by atoms with E-state index in [1.165, 1.54) is 12.7 Å². The predicted octanol–water partition coefficient (Wildman–Crippen LogP) is 4.94. The fourth-order valence-electron chi connectivity index (χ4n) is 4.62. The van der Waals surface area contributed by atoms with E-state index in [2.05, 4.69) is 74.6 Å². The van der Waals surface area contributed by atoms with Crippen LogP contribution < -0.4 is 15.5 Å². The van der Waals surface area contributed by atoms with E-state index >= 15 is 0 Å². The SMILES string of the molecule is COCC(=O)Nc1ccc(N2C(=S)N[C@H](c3ccccn3)[C@@H]2c2cccn2-c2cccc(C)c2)cc1. The lowest BCUT2D eigenvalue weighted by Gasteiger charge is -2.29. The van der Waals surface area contributed by atoms with Crippen molar-refractivity contribution < 1.29 is 9.53 Å². The molecule has 0 bridgehead atoms. The molecule has 7 nitrogen and oxygen atoms in total. The van der Waals surface area contributed by atoms with Gasteiger partial charge in [0.2, 0.25) is 5.91 Å². The number of aryl methyl sites for hydroxylation is 1. The average Bonchev–Trinajstić information content (AvgIpc) is 3.49. The summed E-state index contributed by atoms with van der Waals surface area (Å²) in [5.41, 5.74) is 5.88. The number of pyridine rings is 1. The molecule has 36 heavy (non-hydrogen) atoms. The smallest absolute Gasteiger partial charge is 0.250 e. The van der Waals surface area contributed by atoms with Crippen molar-refractivity contribution in [1.82, 2.24) is 14.9 Å². The van der Waals surface area contributed by atoms with E-state index < -0.39 is 0 Å². The minimum absolute atomic E-state index is 0.00562. The summed E-state index contributed by atoms with van der Waals surface area (Å²) < 4.78 is 7.11. The van der Waals surface area contributed by atoms with Gasteiger partial charge >= 0.3 is 0 Å². The quantitative estimate of drug-likeness (QED) is 0.353. The van der Waals surface area contributed by atoms with Crippen LogP contribution in [0.25, 0.3) is 5.69 Å². The number of carbonyl (C=O) groups is 1. The van der Waals surface area contributed by atoms with Crippen molar-refractivity contribution in [2.45, 2.75) is 19.0 Å². The van der Waals surface area contributed by atoms with Gasteiger partial charge in [0.05, 0.1) is 11.7 Å². The third kappa shape index (κ3) is 4.73. The number of methoxy groups -OCH3 is 1. The van der Waals surface area contributed by atoms with E-state index in [9.17, 15) is 4.79 Å². The zero-order chi connectivity index (χ0) is 25.1. The Morgan fingerprint density at radius 3 is 2.61 bits per heavy atom. The number of ether oxygens (including phenoxy) is 1. The molecule has 4 aromatic rings. The van der Waals surface area contributed by atoms with Crippen LogP contribution in [0, 0.1) is 6.92 Å². The van der Waals surface area contributed by atoms with Crippen LogP contribution in [0.4, 0.5) is 11.4 Å². The Balaban J connectivity index is 1.56. The lowest BCUT2D eigenvalue weighted by atomic mass is 10.0. The fourth-order valence-corrected chi connectivity index (χ4v) is 4.96. The molecule has 2 aromatic carbocycles. The number of thiocarbonyl (C=S) groups is 1. The van der Waals surface area contributed by atoms with Gasteiger partial charge in [-0.2, -0.15) is 0 Å². The van der Waals surface area contributed by atoms with Crippen LogP contribution in [0.2, 0.25) is 0 Å². The van der Waals surface area contributed by atoms with Gasteiger partial charge in [0.1, 0.15) is 12.6 Å². The molecule has 1 fully saturated rings. The highest BCUT2D eigenvalue weighted by molar-refractivity contribution is 7.80. The number of hydrogen-bond acceptors (Lipinski definition) is 4. The number of benzene rings is 2. The summed E-state index contributed by atoms with van der Waals surface area (Å²) in [5.74, 6) is -0.201. The van der Waals surface area contributed by atoms with Gasteiger partial charge in [-0.15, -0.1) is 0 Å². The van der Waals surface area contributed by atoms with Crippen molar-refractivity contribution >= 4 is 34.6 Å². The van der Waals surface area contributed by atoms with Gasteiger partial charge in [-0.1, -0.05) is 18.2 Å². The van der Waals surface area contributed by atoms with Gasteiger partial charge in [-0.3, -0.25) is 9.78 Å². The molecule has 0 spiro atoms. The van der Waals surface area contributed by atoms with E-state index in [0.29, 0.717) is 10.8 Å². The minimum atomic E-state index is -0.201. The Morgan fingerprint density at radius 2 is 1.89 bits per heavy atom. The molecule has 8 heteroatoms. The minimum Gasteiger partial charge on any atom is -0.375 e. The van der Waals surface area contributed by atoms with Crippen molar-refractivity contribution in [2.75, 3.05) is 23.9 Å². The second kappa shape index (κ2) is 10.3. The van der Waals surface area contributed by atoms with E-state index in [-0.39, 0.29) is 24.6 Å². The number of hydrogen-bond donors (Lipinski definition) is 2. The number of carbonyl (C=O) groups excluding carboxylic acids is 1. The first-order valence-corrected chi connectivity index (χ1v) is 12.1. The molecule has 2 N–H and O–H groups in total. The van der Waals surface area contributed by atoms with E-state index in [1.54, 1.807) is 6.20 Å². The lowest BCUT2D eigenvalue weighted by molar-refractivity contribution is -0.119. The van der Waals surface area contributed by atoms with Crippen molar-refractivity contribution in [3.8, 4) is 5.69 Å². The highest BCUT2D eigenvalue weighted by Crippen LogP contribution is 2.42. The molecule has 1 aliphatic rings. The molecule has 0 radical (unpaired) electrons. The Morgan fingerprint density at radius 1 is 1.06 bits per heavy atom. The van der Waals surface area contributed by atoms with Crippen LogP contribution in [0.1, 0.15) is 29.0 Å². The van der Waals surface area contributed by atoms with Crippen LogP contribution in [0.3, 0.4) is 0 Å². The lowest BCUT2D eigenvalue weighted by Crippen LogP contribution is -2.30. The van der Waals surface area contributed by atoms with Crippen LogP contribution in [0.5, 0.6) is 0 Å². The van der Waals surface area contributed by atoms with Crippen LogP contribution in [-0.2, 0) is 9.53 Å². The summed E-state index contributed by atoms with van der Waals surface area (Å²) in [6.45, 7) is 2.10. The molecule has 1 saturated heterocycles. The number of aromatic nitrogens is 2. The molecule has 0 aliphatic carbocycles. The molecular weight excluding hydrogens is 470 g/mol. The highest BCUT2D eigenvalue weighted by Gasteiger charge is 2.42. The fraction of sp³-hybridized carbons (Fsp3) is 0.179. The maximum atomic E-state index is 11.9. The molecule has 182 valence electrons. The predicted molar refractivity (Wildman–Crippen MR) is 145 cm³/mol. The normalized spacial score (nSPS) is 17.2. The van der Waals surface area contributed by atoms with Crippen molar-refractivity contribution in [2.24, 2.45) is 0 Å². The maximum absolute atomic E-state index is 11.9. The summed E-state index contributed by atoms with van der Waals surface area (Å²) in [6.07, 6.45) is 3.88. The Hall–Kier alpha value is -4.01. The van der Waals surface area contributed by atoms with Gasteiger partial charge in [0.15, 0.2) is 5.11 Å². The number of anilines is 2. The van der Waals surface area contributed by atoms with Crippen LogP contribution in [-0.4, -0.2) is 34.3 Å². The van der Waals surface area contributed by atoms with Crippen molar-refractivity contribution in [1.29, 1.82) is 0 Å². The Labute approximate surface area is 215 Å². The molecule has 5 rings (SSSR count). The third-order valence-electron chi connectivity index (χ3n) is 6.17. The van der Waals surface area contributed by atoms with Gasteiger partial charge in [0, 0.05) is 42.3 Å². The van der Waals surface area contributed by atoms with Gasteiger partial charge in [-0.25, -0.2) is 0 Å². The standard InChI is InChI=1S/C28H27N5O2S/c1-19-7-5-8-22(17-19)32-16-6-10-24(32)27-26(23-9-3-4-15-29-23)31-28(36)33(27)21-13-11-20(12-14-21)30-25(34)18-35-2/h3-17,26-27H,18H2,1-2H3,(H,30,34)(H,31,36)/t26-,27+/m1/s1. The van der Waals surface area contributed by atoms with Crippen LogP contribution >= 0.6 is 12.2 Å². The second-order valence-electron chi connectivity index (χ2n) is 8.67. The number of rotatable bonds is 7. The average molecular weight is 498 g/mol. The maximum Gasteiger partial charge on any atom is 0.250 e. The first-order valence-electron chi connectivity index (χ1n) is 11.7. The van der Waals surface area contributed by atoms with Gasteiger partial charge in [-0.05, 0) is 85.4 Å². The molecule has 2 atom stereocenters. The number of amides is 1. The van der Waals surface area contributed by atoms with E-state index in [0.717, 1.165) is 22.8 Å². The first-order chi connectivity index (χ1) is 17.5. The highest BCUT2D eigenvalue weighted by atomic mass is 32.1. The summed E-state index contributed by atoms with van der Waals surface area (Å²) in [5, 5.41) is 6.96. The molecule has 3 heterocycles. The van der Waals surface area contributed by atoms with Crippen LogP contribution in [0.15, 0.2) is 91.3 Å². The number of nitrogens with one attached hydrogen (secondary N) is 2. The Bertz CT molecular complexity index is 1370. The van der Waals surface area contributed by atoms with Crippen molar-refractivity contribution in [3.63, 3.8) is 0 Å². The largest absolute Gasteiger partial charge is 0.375 e. The van der Waals surface area contributed by atoms with E-state index in [1.807, 2.05) is 42.5 Å². The topological polar surface area (TPSA) is 71.4 Å². The number of nitrogens with zero attached hydrogens (tertiary/aromatic N) is 3. The molecule has 2 aromatic heterocycles. The molecular formula is C28H27N5O2S. The summed E-state index contributed by atoms with van der Waals surface area (Å²) in [4.78, 5) is 18.7. The van der Waals surface area contributed by atoms with E-state index in [4.69, 9.17) is 17.0 Å². The second-order valence-corrected chi connectivity index (χ2v) is 9.05. The van der Waals surface area contributed by atoms with Crippen molar-refractivity contribution in [3.05, 3.63) is 108 Å². The monoisotopic (exact) mass is 497 g/mol. The van der Waals surface area contributed by atoms with Gasteiger partial charge < -0.3 is 24.8 Å². The molecule has 1 aliphatic heterocycles. The molecule has 0 saturated carbocycles. The summed E-state index contributed by atoms with van der Waals surface area (Å²) >= 11 is 5.86. The van der Waals surface area contributed by atoms with Gasteiger partial charge in [0.25, 0.3) is 0 Å². The third-order valence-corrected chi connectivity index (χ3v) is 6.48. The zero-order valence-corrected chi connectivity index (χ0v) is 20.9. The first kappa shape index (κ1) is 23.7. The molecule has 0 unspecified atom stereocenters.